The Labute approximate surface area is 116 Å². The van der Waals surface area contributed by atoms with Crippen LogP contribution in [0.3, 0.4) is 0 Å². The van der Waals surface area contributed by atoms with Crippen molar-refractivity contribution in [2.75, 3.05) is 0 Å². The highest BCUT2D eigenvalue weighted by atomic mass is 14.7. The fraction of sp³-hybridized carbons (Fsp3) is 0.389. The molecule has 0 N–H and O–H groups in total. The normalized spacial score (nSPS) is 12.4. The van der Waals surface area contributed by atoms with Gasteiger partial charge in [-0.2, -0.15) is 0 Å². The second kappa shape index (κ2) is 6.51. The first-order valence-electron chi connectivity index (χ1n) is 7.24. The molecule has 1 heterocycles. The first-order chi connectivity index (χ1) is 9.22. The highest BCUT2D eigenvalue weighted by molar-refractivity contribution is 5.63. The molecule has 1 nitrogen and oxygen atoms in total. The van der Waals surface area contributed by atoms with Crippen LogP contribution < -0.4 is 0 Å². The molecule has 19 heavy (non-hydrogen) atoms. The summed E-state index contributed by atoms with van der Waals surface area (Å²) in [5.74, 6) is 0.629. The van der Waals surface area contributed by atoms with E-state index in [-0.39, 0.29) is 0 Å². The first kappa shape index (κ1) is 13.8. The SMILES string of the molecule is CCCC[C@@H](C)c1cccc(-c2ncccc2C)c1. The minimum absolute atomic E-state index is 0.629. The van der Waals surface area contributed by atoms with Crippen LogP contribution in [0, 0.1) is 6.92 Å². The number of pyridine rings is 1. The Morgan fingerprint density at radius 1 is 1.16 bits per heavy atom. The fourth-order valence-corrected chi connectivity index (χ4v) is 2.46. The molecule has 0 saturated carbocycles. The van der Waals surface area contributed by atoms with E-state index < -0.39 is 0 Å². The molecular weight excluding hydrogens is 230 g/mol. The summed E-state index contributed by atoms with van der Waals surface area (Å²) in [4.78, 5) is 4.51. The number of aromatic nitrogens is 1. The zero-order chi connectivity index (χ0) is 13.7. The highest BCUT2D eigenvalue weighted by Crippen LogP contribution is 2.27. The molecule has 1 aromatic carbocycles. The van der Waals surface area contributed by atoms with Gasteiger partial charge in [-0.05, 0) is 42.5 Å². The van der Waals surface area contributed by atoms with E-state index in [9.17, 15) is 0 Å². The third kappa shape index (κ3) is 3.44. The Balaban J connectivity index is 2.27. The van der Waals surface area contributed by atoms with Crippen LogP contribution in [0.4, 0.5) is 0 Å². The van der Waals surface area contributed by atoms with Crippen molar-refractivity contribution >= 4 is 0 Å². The van der Waals surface area contributed by atoms with Crippen LogP contribution in [0.15, 0.2) is 42.6 Å². The molecule has 0 saturated heterocycles. The molecule has 100 valence electrons. The Bertz CT molecular complexity index is 531. The second-order valence-electron chi connectivity index (χ2n) is 5.34. The smallest absolute Gasteiger partial charge is 0.0731 e. The molecule has 1 atom stereocenters. The number of nitrogens with zero attached hydrogens (tertiary/aromatic N) is 1. The van der Waals surface area contributed by atoms with Crippen molar-refractivity contribution < 1.29 is 0 Å². The van der Waals surface area contributed by atoms with Crippen LogP contribution in [-0.4, -0.2) is 4.98 Å². The van der Waals surface area contributed by atoms with Gasteiger partial charge in [-0.15, -0.1) is 0 Å². The Hall–Kier alpha value is -1.63. The van der Waals surface area contributed by atoms with E-state index >= 15 is 0 Å². The van der Waals surface area contributed by atoms with Gasteiger partial charge in [0.2, 0.25) is 0 Å². The molecule has 1 heteroatoms. The van der Waals surface area contributed by atoms with Gasteiger partial charge in [0.1, 0.15) is 0 Å². The van der Waals surface area contributed by atoms with Gasteiger partial charge in [0, 0.05) is 11.8 Å². The van der Waals surface area contributed by atoms with E-state index in [2.05, 4.69) is 56.1 Å². The van der Waals surface area contributed by atoms with Crippen molar-refractivity contribution in [3.63, 3.8) is 0 Å². The van der Waals surface area contributed by atoms with E-state index in [1.54, 1.807) is 0 Å². The van der Waals surface area contributed by atoms with Crippen molar-refractivity contribution in [1.29, 1.82) is 0 Å². The molecule has 0 aliphatic rings. The van der Waals surface area contributed by atoms with Gasteiger partial charge in [0.15, 0.2) is 0 Å². The fourth-order valence-electron chi connectivity index (χ4n) is 2.46. The predicted molar refractivity (Wildman–Crippen MR) is 82.4 cm³/mol. The third-order valence-electron chi connectivity index (χ3n) is 3.73. The van der Waals surface area contributed by atoms with Crippen molar-refractivity contribution in [1.82, 2.24) is 4.98 Å². The Morgan fingerprint density at radius 3 is 2.74 bits per heavy atom. The minimum atomic E-state index is 0.629. The summed E-state index contributed by atoms with van der Waals surface area (Å²) in [5, 5.41) is 0. The molecular formula is C18H23N. The zero-order valence-corrected chi connectivity index (χ0v) is 12.2. The van der Waals surface area contributed by atoms with Gasteiger partial charge in [0.25, 0.3) is 0 Å². The van der Waals surface area contributed by atoms with Crippen LogP contribution in [0.2, 0.25) is 0 Å². The lowest BCUT2D eigenvalue weighted by atomic mass is 9.93. The Morgan fingerprint density at radius 2 is 2.00 bits per heavy atom. The summed E-state index contributed by atoms with van der Waals surface area (Å²) in [5.41, 5.74) is 5.00. The summed E-state index contributed by atoms with van der Waals surface area (Å²) in [7, 11) is 0. The molecule has 2 aromatic rings. The maximum atomic E-state index is 4.51. The Kier molecular flexibility index (Phi) is 4.73. The molecule has 0 bridgehead atoms. The molecule has 0 unspecified atom stereocenters. The molecule has 0 aliphatic heterocycles. The lowest BCUT2D eigenvalue weighted by Gasteiger charge is -2.13. The first-order valence-corrected chi connectivity index (χ1v) is 7.24. The largest absolute Gasteiger partial charge is 0.256 e. The average molecular weight is 253 g/mol. The molecule has 2 rings (SSSR count). The van der Waals surface area contributed by atoms with Gasteiger partial charge in [-0.25, -0.2) is 0 Å². The van der Waals surface area contributed by atoms with Crippen molar-refractivity contribution in [3.05, 3.63) is 53.7 Å². The predicted octanol–water partition coefficient (Wildman–Crippen LogP) is 5.35. The topological polar surface area (TPSA) is 12.9 Å². The van der Waals surface area contributed by atoms with Crippen molar-refractivity contribution in [2.45, 2.75) is 46.0 Å². The number of unbranched alkanes of at least 4 members (excludes halogenated alkanes) is 1. The summed E-state index contributed by atoms with van der Waals surface area (Å²) < 4.78 is 0. The van der Waals surface area contributed by atoms with E-state index in [1.807, 2.05) is 12.3 Å². The van der Waals surface area contributed by atoms with Gasteiger partial charge in [0.05, 0.1) is 5.69 Å². The maximum Gasteiger partial charge on any atom is 0.0731 e. The summed E-state index contributed by atoms with van der Waals surface area (Å²) in [6, 6.07) is 13.0. The van der Waals surface area contributed by atoms with Crippen LogP contribution >= 0.6 is 0 Å². The number of hydrogen-bond acceptors (Lipinski definition) is 1. The quantitative estimate of drug-likeness (QED) is 0.700. The summed E-state index contributed by atoms with van der Waals surface area (Å²) in [6.45, 7) is 6.69. The van der Waals surface area contributed by atoms with E-state index in [1.165, 1.54) is 36.0 Å². The van der Waals surface area contributed by atoms with Gasteiger partial charge in [-0.1, -0.05) is 51.0 Å². The lowest BCUT2D eigenvalue weighted by molar-refractivity contribution is 0.624. The van der Waals surface area contributed by atoms with E-state index in [0.717, 1.165) is 5.69 Å². The van der Waals surface area contributed by atoms with E-state index in [4.69, 9.17) is 0 Å². The number of rotatable bonds is 5. The molecule has 0 spiro atoms. The van der Waals surface area contributed by atoms with Crippen LogP contribution in [0.25, 0.3) is 11.3 Å². The van der Waals surface area contributed by atoms with Crippen LogP contribution in [-0.2, 0) is 0 Å². The lowest BCUT2D eigenvalue weighted by Crippen LogP contribution is -1.95. The van der Waals surface area contributed by atoms with Crippen LogP contribution in [0.5, 0.6) is 0 Å². The van der Waals surface area contributed by atoms with Gasteiger partial charge >= 0.3 is 0 Å². The number of hydrogen-bond donors (Lipinski definition) is 0. The third-order valence-corrected chi connectivity index (χ3v) is 3.73. The van der Waals surface area contributed by atoms with E-state index in [0.29, 0.717) is 5.92 Å². The molecule has 1 aromatic heterocycles. The van der Waals surface area contributed by atoms with Crippen molar-refractivity contribution in [2.24, 2.45) is 0 Å². The minimum Gasteiger partial charge on any atom is -0.256 e. The number of benzene rings is 1. The summed E-state index contributed by atoms with van der Waals surface area (Å²) in [6.07, 6.45) is 5.70. The molecule has 0 amide bonds. The molecule has 0 radical (unpaired) electrons. The zero-order valence-electron chi connectivity index (χ0n) is 12.2. The highest BCUT2D eigenvalue weighted by Gasteiger charge is 2.08. The van der Waals surface area contributed by atoms with Gasteiger partial charge in [-0.3, -0.25) is 4.98 Å². The summed E-state index contributed by atoms with van der Waals surface area (Å²) >= 11 is 0. The second-order valence-corrected chi connectivity index (χ2v) is 5.34. The van der Waals surface area contributed by atoms with Crippen LogP contribution in [0.1, 0.15) is 50.2 Å². The standard InChI is InChI=1S/C18H23N/c1-4-5-8-14(2)16-10-6-11-17(13-16)18-15(3)9-7-12-19-18/h6-7,9-14H,4-5,8H2,1-3H3/t14-/m1/s1. The van der Waals surface area contributed by atoms with Crippen molar-refractivity contribution in [3.8, 4) is 11.3 Å². The number of aryl methyl sites for hydroxylation is 1. The van der Waals surface area contributed by atoms with Gasteiger partial charge < -0.3 is 0 Å². The molecule has 0 aliphatic carbocycles. The average Bonchev–Trinajstić information content (AvgIpc) is 2.45. The molecule has 0 fully saturated rings. The monoisotopic (exact) mass is 253 g/mol. The maximum absolute atomic E-state index is 4.51.